The van der Waals surface area contributed by atoms with Crippen LogP contribution >= 0.6 is 0 Å². The first-order valence-corrected chi connectivity index (χ1v) is 6.21. The van der Waals surface area contributed by atoms with Gasteiger partial charge >= 0.3 is 6.09 Å². The topological polar surface area (TPSA) is 38.3 Å². The van der Waals surface area contributed by atoms with Gasteiger partial charge in [-0.2, -0.15) is 4.39 Å². The highest BCUT2D eigenvalue weighted by atomic mass is 19.2. The average Bonchev–Trinajstić information content (AvgIpc) is 2.30. The number of carbonyl (C=O) groups is 1. The highest BCUT2D eigenvalue weighted by Gasteiger charge is 2.21. The molecule has 6 heteroatoms. The van der Waals surface area contributed by atoms with Crippen molar-refractivity contribution >= 4 is 6.09 Å². The molecule has 0 aliphatic heterocycles. The minimum Gasteiger partial charge on any atom is -0.404 e. The molecule has 0 saturated carbocycles. The van der Waals surface area contributed by atoms with Crippen LogP contribution in [-0.2, 0) is 0 Å². The molecule has 1 amide bonds. The lowest BCUT2D eigenvalue weighted by molar-refractivity contribution is 0.193. The van der Waals surface area contributed by atoms with E-state index in [1.54, 1.807) is 0 Å². The van der Waals surface area contributed by atoms with Crippen molar-refractivity contribution in [3.8, 4) is 5.75 Å². The fourth-order valence-electron chi connectivity index (χ4n) is 1.46. The van der Waals surface area contributed by atoms with Crippen LogP contribution in [0.1, 0.15) is 32.8 Å². The Morgan fingerprint density at radius 3 is 2.40 bits per heavy atom. The second kappa shape index (κ2) is 6.15. The average molecular weight is 289 g/mol. The number of nitrogens with one attached hydrogen (secondary N) is 1. The van der Waals surface area contributed by atoms with Crippen LogP contribution in [0.25, 0.3) is 0 Å². The Kier molecular flexibility index (Phi) is 5.03. The van der Waals surface area contributed by atoms with Crippen LogP contribution in [0, 0.1) is 29.8 Å². The maximum absolute atomic E-state index is 13.6. The Bertz CT molecular complexity index is 484. The Morgan fingerprint density at radius 1 is 1.25 bits per heavy atom. The third-order valence-electron chi connectivity index (χ3n) is 2.64. The molecule has 112 valence electrons. The van der Waals surface area contributed by atoms with Gasteiger partial charge in [-0.3, -0.25) is 0 Å². The number of hydrogen-bond donors (Lipinski definition) is 1. The molecule has 0 heterocycles. The largest absolute Gasteiger partial charge is 0.412 e. The van der Waals surface area contributed by atoms with Gasteiger partial charge in [-0.1, -0.05) is 20.8 Å². The molecule has 0 atom stereocenters. The summed E-state index contributed by atoms with van der Waals surface area (Å²) in [5, 5.41) is 2.36. The van der Waals surface area contributed by atoms with Gasteiger partial charge in [0.15, 0.2) is 11.6 Å². The van der Waals surface area contributed by atoms with Crippen LogP contribution in [0.4, 0.5) is 18.0 Å². The SMILES string of the molecule is Cc1cc(F)c(F)c(OC(=O)NCCC(C)(C)C)c1F. The second-order valence-electron chi connectivity index (χ2n) is 5.76. The van der Waals surface area contributed by atoms with Gasteiger partial charge in [0, 0.05) is 6.54 Å². The Morgan fingerprint density at radius 2 is 1.85 bits per heavy atom. The first-order valence-electron chi connectivity index (χ1n) is 6.21. The van der Waals surface area contributed by atoms with Crippen LogP contribution in [0.15, 0.2) is 6.07 Å². The number of amides is 1. The van der Waals surface area contributed by atoms with Crippen LogP contribution in [-0.4, -0.2) is 12.6 Å². The Hall–Kier alpha value is -1.72. The molecule has 0 aliphatic carbocycles. The monoisotopic (exact) mass is 289 g/mol. The summed E-state index contributed by atoms with van der Waals surface area (Å²) in [6, 6.07) is 0.703. The molecule has 0 unspecified atom stereocenters. The maximum atomic E-state index is 13.6. The number of ether oxygens (including phenoxy) is 1. The summed E-state index contributed by atoms with van der Waals surface area (Å²) >= 11 is 0. The molecule has 1 aromatic carbocycles. The zero-order valence-corrected chi connectivity index (χ0v) is 11.9. The first kappa shape index (κ1) is 16.3. The van der Waals surface area contributed by atoms with Gasteiger partial charge in [-0.05, 0) is 30.4 Å². The molecule has 0 spiro atoms. The Labute approximate surface area is 116 Å². The minimum absolute atomic E-state index is 0.000771. The Balaban J connectivity index is 2.72. The van der Waals surface area contributed by atoms with Crippen LogP contribution in [0.5, 0.6) is 5.75 Å². The van der Waals surface area contributed by atoms with Gasteiger partial charge in [0.05, 0.1) is 0 Å². The van der Waals surface area contributed by atoms with Gasteiger partial charge in [0.1, 0.15) is 0 Å². The predicted octanol–water partition coefficient (Wildman–Crippen LogP) is 3.94. The number of benzene rings is 1. The van der Waals surface area contributed by atoms with Gasteiger partial charge < -0.3 is 10.1 Å². The van der Waals surface area contributed by atoms with Crippen molar-refractivity contribution in [2.45, 2.75) is 34.1 Å². The van der Waals surface area contributed by atoms with E-state index in [1.165, 1.54) is 6.92 Å². The normalized spacial score (nSPS) is 11.3. The van der Waals surface area contributed by atoms with Crippen LogP contribution < -0.4 is 10.1 Å². The van der Waals surface area contributed by atoms with E-state index in [0.717, 1.165) is 0 Å². The van der Waals surface area contributed by atoms with Crippen molar-refractivity contribution in [2.24, 2.45) is 5.41 Å². The zero-order valence-electron chi connectivity index (χ0n) is 11.9. The molecule has 0 aliphatic rings. The van der Waals surface area contributed by atoms with E-state index < -0.39 is 29.3 Å². The van der Waals surface area contributed by atoms with E-state index in [1.807, 2.05) is 20.8 Å². The fraction of sp³-hybridized carbons (Fsp3) is 0.500. The molecule has 1 N–H and O–H groups in total. The standard InChI is InChI=1S/C14H18F3NO2/c1-8-7-9(15)11(17)12(10(8)16)20-13(19)18-6-5-14(2,3)4/h7H,5-6H2,1-4H3,(H,18,19). The summed E-state index contributed by atoms with van der Waals surface area (Å²) < 4.78 is 44.6. The number of rotatable bonds is 3. The van der Waals surface area contributed by atoms with Gasteiger partial charge in [0.2, 0.25) is 11.6 Å². The van der Waals surface area contributed by atoms with E-state index >= 15 is 0 Å². The summed E-state index contributed by atoms with van der Waals surface area (Å²) in [4.78, 5) is 11.4. The van der Waals surface area contributed by atoms with Gasteiger partial charge in [-0.25, -0.2) is 13.6 Å². The highest BCUT2D eigenvalue weighted by Crippen LogP contribution is 2.27. The molecule has 0 fully saturated rings. The van der Waals surface area contributed by atoms with Crippen LogP contribution in [0.3, 0.4) is 0 Å². The second-order valence-corrected chi connectivity index (χ2v) is 5.76. The number of halogens is 3. The molecule has 0 bridgehead atoms. The molecular weight excluding hydrogens is 271 g/mol. The zero-order chi connectivity index (χ0) is 15.5. The van der Waals surface area contributed by atoms with Crippen molar-refractivity contribution in [2.75, 3.05) is 6.54 Å². The first-order chi connectivity index (χ1) is 9.11. The molecule has 0 radical (unpaired) electrons. The molecule has 0 saturated heterocycles. The number of aryl methyl sites for hydroxylation is 1. The molecule has 1 rings (SSSR count). The lowest BCUT2D eigenvalue weighted by Gasteiger charge is -2.18. The van der Waals surface area contributed by atoms with Crippen molar-refractivity contribution in [1.82, 2.24) is 5.32 Å². The van der Waals surface area contributed by atoms with Gasteiger partial charge in [0.25, 0.3) is 0 Å². The van der Waals surface area contributed by atoms with E-state index in [-0.39, 0.29) is 11.0 Å². The van der Waals surface area contributed by atoms with Crippen molar-refractivity contribution in [3.63, 3.8) is 0 Å². The summed E-state index contributed by atoms with van der Waals surface area (Å²) in [6.07, 6.45) is -0.355. The van der Waals surface area contributed by atoms with E-state index in [9.17, 15) is 18.0 Å². The number of hydrogen-bond acceptors (Lipinski definition) is 2. The molecule has 3 nitrogen and oxygen atoms in total. The minimum atomic E-state index is -1.51. The molecule has 0 aromatic heterocycles. The third kappa shape index (κ3) is 4.43. The lowest BCUT2D eigenvalue weighted by Crippen LogP contribution is -2.30. The smallest absolute Gasteiger partial charge is 0.404 e. The molecular formula is C14H18F3NO2. The van der Waals surface area contributed by atoms with Crippen LogP contribution in [0.2, 0.25) is 0 Å². The highest BCUT2D eigenvalue weighted by molar-refractivity contribution is 5.70. The summed E-state index contributed by atoms with van der Waals surface area (Å²) in [6.45, 7) is 7.49. The lowest BCUT2D eigenvalue weighted by atomic mass is 9.92. The van der Waals surface area contributed by atoms with E-state index in [0.29, 0.717) is 19.0 Å². The predicted molar refractivity (Wildman–Crippen MR) is 69.2 cm³/mol. The van der Waals surface area contributed by atoms with Gasteiger partial charge in [-0.15, -0.1) is 0 Å². The summed E-state index contributed by atoms with van der Waals surface area (Å²) in [7, 11) is 0. The summed E-state index contributed by atoms with van der Waals surface area (Å²) in [5.74, 6) is -4.88. The van der Waals surface area contributed by atoms with Crippen molar-refractivity contribution in [1.29, 1.82) is 0 Å². The molecule has 1 aromatic rings. The molecule has 20 heavy (non-hydrogen) atoms. The van der Waals surface area contributed by atoms with E-state index in [4.69, 9.17) is 0 Å². The van der Waals surface area contributed by atoms with Crippen molar-refractivity contribution in [3.05, 3.63) is 29.1 Å². The maximum Gasteiger partial charge on any atom is 0.412 e. The fourth-order valence-corrected chi connectivity index (χ4v) is 1.46. The quantitative estimate of drug-likeness (QED) is 0.856. The summed E-state index contributed by atoms with van der Waals surface area (Å²) in [5.41, 5.74) is -0.138. The van der Waals surface area contributed by atoms with Crippen molar-refractivity contribution < 1.29 is 22.7 Å². The number of carbonyl (C=O) groups excluding carboxylic acids is 1. The van der Waals surface area contributed by atoms with E-state index in [2.05, 4.69) is 10.1 Å². The third-order valence-corrected chi connectivity index (χ3v) is 2.64.